The van der Waals surface area contributed by atoms with Crippen LogP contribution in [0, 0.1) is 11.3 Å². The van der Waals surface area contributed by atoms with Crippen molar-refractivity contribution in [3.05, 3.63) is 93.7 Å². The highest BCUT2D eigenvalue weighted by atomic mass is 35.5. The number of amides is 3. The van der Waals surface area contributed by atoms with Gasteiger partial charge in [-0.05, 0) is 68.5 Å². The monoisotopic (exact) mass is 642 g/mol. The zero-order valence-electron chi connectivity index (χ0n) is 24.5. The quantitative estimate of drug-likeness (QED) is 0.290. The Labute approximate surface area is 268 Å². The molecule has 2 saturated carbocycles. The van der Waals surface area contributed by atoms with Crippen molar-refractivity contribution in [3.63, 3.8) is 0 Å². The number of anilines is 2. The van der Waals surface area contributed by atoms with Crippen molar-refractivity contribution < 1.29 is 14.4 Å². The van der Waals surface area contributed by atoms with Gasteiger partial charge in [0.2, 0.25) is 11.9 Å². The number of hydrogen-bond donors (Lipinski definition) is 2. The lowest BCUT2D eigenvalue weighted by atomic mass is 9.91. The number of aryl methyl sites for hydroxylation is 1. The number of carbonyl (C=O) groups excluding carboxylic acids is 3. The standard InChI is InChI=1S/C32H28Cl2N8O3/c1-30(14-19-3-5-20(15-35)6-4-19)28(45)41(23-12-21(33)11-22(34)13-23)29-36-16-24(42(29)30)26(43)38-32(9-10-32)27(44)39-31(7-8-31)25-17-40(2)18-37-25/h3-6,11-13,16-18H,7-10,14H2,1-2H3,(H,38,43)(H,39,44)/t30-/m1/s1. The Morgan fingerprint density at radius 2 is 1.71 bits per heavy atom. The lowest BCUT2D eigenvalue weighted by Crippen LogP contribution is -2.52. The molecule has 0 spiro atoms. The van der Waals surface area contributed by atoms with Crippen LogP contribution in [0.25, 0.3) is 0 Å². The molecular weight excluding hydrogens is 615 g/mol. The Balaban J connectivity index is 1.22. The molecule has 3 aliphatic rings. The summed E-state index contributed by atoms with van der Waals surface area (Å²) in [5.41, 5.74) is -0.282. The van der Waals surface area contributed by atoms with Crippen LogP contribution in [0.15, 0.2) is 61.2 Å². The zero-order chi connectivity index (χ0) is 31.7. The van der Waals surface area contributed by atoms with Gasteiger partial charge in [0.1, 0.15) is 16.8 Å². The molecule has 0 radical (unpaired) electrons. The summed E-state index contributed by atoms with van der Waals surface area (Å²) in [7, 11) is 1.88. The molecule has 0 bridgehead atoms. The highest BCUT2D eigenvalue weighted by Gasteiger charge is 2.57. The van der Waals surface area contributed by atoms with Crippen molar-refractivity contribution in [2.75, 3.05) is 4.90 Å². The summed E-state index contributed by atoms with van der Waals surface area (Å²) in [5, 5.41) is 16.0. The summed E-state index contributed by atoms with van der Waals surface area (Å²) < 4.78 is 3.45. The van der Waals surface area contributed by atoms with Crippen LogP contribution in [0.3, 0.4) is 0 Å². The van der Waals surface area contributed by atoms with Crippen LogP contribution in [0.1, 0.15) is 59.9 Å². The second-order valence-electron chi connectivity index (χ2n) is 12.3. The minimum absolute atomic E-state index is 0.134. The second kappa shape index (κ2) is 10.2. The van der Waals surface area contributed by atoms with Crippen molar-refractivity contribution >= 4 is 52.6 Å². The maximum absolute atomic E-state index is 14.3. The molecule has 2 aromatic heterocycles. The van der Waals surface area contributed by atoms with E-state index in [9.17, 15) is 19.6 Å². The fourth-order valence-corrected chi connectivity index (χ4v) is 6.62. The lowest BCUT2D eigenvalue weighted by molar-refractivity contribution is -0.125. The first-order chi connectivity index (χ1) is 21.5. The van der Waals surface area contributed by atoms with Gasteiger partial charge in [-0.15, -0.1) is 0 Å². The molecule has 2 N–H and O–H groups in total. The van der Waals surface area contributed by atoms with Gasteiger partial charge < -0.3 is 15.2 Å². The third-order valence-electron chi connectivity index (χ3n) is 8.91. The third-order valence-corrected chi connectivity index (χ3v) is 9.34. The first-order valence-corrected chi connectivity index (χ1v) is 15.2. The molecule has 2 aromatic carbocycles. The van der Waals surface area contributed by atoms with Crippen LogP contribution in [0.2, 0.25) is 10.0 Å². The maximum Gasteiger partial charge on any atom is 0.270 e. The maximum atomic E-state index is 14.3. The molecule has 228 valence electrons. The summed E-state index contributed by atoms with van der Waals surface area (Å²) in [6.45, 7) is 1.74. The highest BCUT2D eigenvalue weighted by molar-refractivity contribution is 6.35. The van der Waals surface area contributed by atoms with Gasteiger partial charge in [0, 0.05) is 29.7 Å². The molecular formula is C32H28Cl2N8O3. The van der Waals surface area contributed by atoms with Crippen LogP contribution in [0.5, 0.6) is 0 Å². The number of hydrogen-bond acceptors (Lipinski definition) is 6. The molecule has 0 saturated heterocycles. The van der Waals surface area contributed by atoms with E-state index in [1.807, 2.05) is 17.8 Å². The smallest absolute Gasteiger partial charge is 0.270 e. The normalized spacial score (nSPS) is 20.3. The predicted molar refractivity (Wildman–Crippen MR) is 166 cm³/mol. The average molecular weight is 644 g/mol. The van der Waals surface area contributed by atoms with E-state index in [2.05, 4.69) is 26.7 Å². The largest absolute Gasteiger partial charge is 0.343 e. The molecule has 11 nitrogen and oxygen atoms in total. The average Bonchev–Trinajstić information content (AvgIpc) is 3.84. The number of nitrogens with one attached hydrogen (secondary N) is 2. The van der Waals surface area contributed by atoms with E-state index in [4.69, 9.17) is 23.2 Å². The van der Waals surface area contributed by atoms with Gasteiger partial charge in [-0.1, -0.05) is 35.3 Å². The fraction of sp³-hybridized carbons (Fsp3) is 0.312. The van der Waals surface area contributed by atoms with Crippen molar-refractivity contribution in [2.24, 2.45) is 7.05 Å². The Morgan fingerprint density at radius 3 is 2.29 bits per heavy atom. The number of halogens is 2. The lowest BCUT2D eigenvalue weighted by Gasteiger charge is -2.27. The van der Waals surface area contributed by atoms with Crippen molar-refractivity contribution in [1.29, 1.82) is 5.26 Å². The van der Waals surface area contributed by atoms with E-state index >= 15 is 0 Å². The predicted octanol–water partition coefficient (Wildman–Crippen LogP) is 4.50. The Bertz CT molecular complexity index is 1910. The topological polar surface area (TPSA) is 138 Å². The van der Waals surface area contributed by atoms with E-state index in [0.29, 0.717) is 34.1 Å². The van der Waals surface area contributed by atoms with Gasteiger partial charge in [-0.2, -0.15) is 5.26 Å². The number of carbonyl (C=O) groups is 3. The summed E-state index contributed by atoms with van der Waals surface area (Å²) >= 11 is 12.6. The fourth-order valence-electron chi connectivity index (χ4n) is 6.11. The summed E-state index contributed by atoms with van der Waals surface area (Å²) in [6, 6.07) is 13.8. The molecule has 13 heteroatoms. The summed E-state index contributed by atoms with van der Waals surface area (Å²) in [6.07, 6.45) is 7.72. The van der Waals surface area contributed by atoms with E-state index in [1.165, 1.54) is 11.1 Å². The molecule has 7 rings (SSSR count). The van der Waals surface area contributed by atoms with Crippen molar-refractivity contribution in [3.8, 4) is 6.07 Å². The molecule has 3 amide bonds. The van der Waals surface area contributed by atoms with Crippen LogP contribution in [0.4, 0.5) is 11.6 Å². The third kappa shape index (κ3) is 4.85. The number of rotatable bonds is 8. The molecule has 1 aliphatic heterocycles. The Hall–Kier alpha value is -4.66. The van der Waals surface area contributed by atoms with Gasteiger partial charge >= 0.3 is 0 Å². The second-order valence-corrected chi connectivity index (χ2v) is 13.2. The summed E-state index contributed by atoms with van der Waals surface area (Å²) in [5.74, 6) is -0.894. The minimum Gasteiger partial charge on any atom is -0.343 e. The number of imidazole rings is 2. The number of nitrogens with zero attached hydrogens (tertiary/aromatic N) is 6. The number of aromatic nitrogens is 4. The first kappa shape index (κ1) is 29.1. The molecule has 45 heavy (non-hydrogen) atoms. The van der Waals surface area contributed by atoms with E-state index < -0.39 is 22.5 Å². The van der Waals surface area contributed by atoms with Gasteiger partial charge in [0.25, 0.3) is 11.8 Å². The van der Waals surface area contributed by atoms with Gasteiger partial charge in [-0.25, -0.2) is 14.9 Å². The number of fused-ring (bicyclic) bond motifs is 1. The Morgan fingerprint density at radius 1 is 1.02 bits per heavy atom. The molecule has 3 heterocycles. The van der Waals surface area contributed by atoms with Gasteiger partial charge in [0.05, 0.1) is 41.1 Å². The van der Waals surface area contributed by atoms with E-state index in [-0.39, 0.29) is 29.9 Å². The van der Waals surface area contributed by atoms with Crippen LogP contribution < -0.4 is 15.5 Å². The van der Waals surface area contributed by atoms with Crippen molar-refractivity contribution in [1.82, 2.24) is 29.7 Å². The zero-order valence-corrected chi connectivity index (χ0v) is 26.0. The SMILES string of the molecule is Cn1cnc(C2(NC(=O)C3(NC(=O)c4cnc5n4[C@](C)(Cc4ccc(C#N)cc4)C(=O)N5c4cc(Cl)cc(Cl)c4)CC3)CC2)c1. The molecule has 2 fully saturated rings. The van der Waals surface area contributed by atoms with Gasteiger partial charge in [-0.3, -0.25) is 19.0 Å². The van der Waals surface area contributed by atoms with E-state index in [1.54, 1.807) is 60.3 Å². The minimum atomic E-state index is -1.29. The van der Waals surface area contributed by atoms with Gasteiger partial charge in [0.15, 0.2) is 0 Å². The first-order valence-electron chi connectivity index (χ1n) is 14.5. The molecule has 2 aliphatic carbocycles. The molecule has 1 atom stereocenters. The summed E-state index contributed by atoms with van der Waals surface area (Å²) in [4.78, 5) is 52.2. The van der Waals surface area contributed by atoms with Crippen LogP contribution >= 0.6 is 23.2 Å². The van der Waals surface area contributed by atoms with E-state index in [0.717, 1.165) is 24.1 Å². The van der Waals surface area contributed by atoms with Crippen LogP contribution in [-0.2, 0) is 34.1 Å². The highest BCUT2D eigenvalue weighted by Crippen LogP contribution is 2.47. The number of benzene rings is 2. The van der Waals surface area contributed by atoms with Crippen LogP contribution in [-0.4, -0.2) is 42.4 Å². The molecule has 0 unspecified atom stereocenters. The van der Waals surface area contributed by atoms with Crippen molar-refractivity contribution in [2.45, 2.75) is 55.6 Å². The molecule has 4 aromatic rings. The Kier molecular flexibility index (Phi) is 6.58. The number of nitriles is 1.